The lowest BCUT2D eigenvalue weighted by molar-refractivity contribution is -0.139. The van der Waals surface area contributed by atoms with Crippen molar-refractivity contribution in [2.24, 2.45) is 0 Å². The second kappa shape index (κ2) is 7.71. The average molecular weight is 304 g/mol. The molecule has 0 aliphatic rings. The average Bonchev–Trinajstić information content (AvgIpc) is 2.35. The molecule has 1 aromatic carbocycles. The van der Waals surface area contributed by atoms with Crippen LogP contribution >= 0.6 is 0 Å². The second-order valence-electron chi connectivity index (χ2n) is 3.89. The molecule has 7 nitrogen and oxygen atoms in total. The maximum Gasteiger partial charge on any atom is 0.341 e. The van der Waals surface area contributed by atoms with E-state index in [4.69, 9.17) is 14.6 Å². The van der Waals surface area contributed by atoms with Crippen molar-refractivity contribution in [3.63, 3.8) is 0 Å². The van der Waals surface area contributed by atoms with Crippen LogP contribution in [0.25, 0.3) is 0 Å². The summed E-state index contributed by atoms with van der Waals surface area (Å²) in [6.45, 7) is -0.0996. The second-order valence-corrected chi connectivity index (χ2v) is 5.53. The van der Waals surface area contributed by atoms with E-state index in [2.05, 4.69) is 4.18 Å². The first-order valence-corrected chi connectivity index (χ1v) is 7.60. The standard InChI is InChI=1S/C12H16O7S/c1-20(15,16)19-7-3-6-17-10-4-2-5-11(8-10)18-9-12(13)14/h2,4-5,8H,3,6-7,9H2,1H3,(H,13,14). The van der Waals surface area contributed by atoms with Gasteiger partial charge in [0.1, 0.15) is 11.5 Å². The van der Waals surface area contributed by atoms with Gasteiger partial charge in [-0.3, -0.25) is 4.18 Å². The van der Waals surface area contributed by atoms with Crippen LogP contribution in [-0.4, -0.2) is 45.6 Å². The molecular formula is C12H16O7S. The highest BCUT2D eigenvalue weighted by Crippen LogP contribution is 2.19. The molecule has 0 bridgehead atoms. The van der Waals surface area contributed by atoms with E-state index in [0.29, 0.717) is 17.9 Å². The van der Waals surface area contributed by atoms with Gasteiger partial charge in [-0.25, -0.2) is 4.79 Å². The summed E-state index contributed by atoms with van der Waals surface area (Å²) in [6, 6.07) is 6.52. The molecule has 1 aromatic rings. The molecule has 0 aromatic heterocycles. The van der Waals surface area contributed by atoms with Gasteiger partial charge < -0.3 is 14.6 Å². The Labute approximate surface area is 117 Å². The molecule has 0 unspecified atom stereocenters. The molecule has 0 aliphatic heterocycles. The molecule has 0 spiro atoms. The van der Waals surface area contributed by atoms with Crippen molar-refractivity contribution in [2.75, 3.05) is 26.1 Å². The van der Waals surface area contributed by atoms with Gasteiger partial charge in [-0.2, -0.15) is 8.42 Å². The number of carboxylic acids is 1. The van der Waals surface area contributed by atoms with Crippen molar-refractivity contribution in [1.29, 1.82) is 0 Å². The van der Waals surface area contributed by atoms with E-state index in [1.54, 1.807) is 24.3 Å². The van der Waals surface area contributed by atoms with Crippen LogP contribution in [0.4, 0.5) is 0 Å². The maximum absolute atomic E-state index is 10.7. The van der Waals surface area contributed by atoms with Crippen molar-refractivity contribution in [1.82, 2.24) is 0 Å². The van der Waals surface area contributed by atoms with E-state index < -0.39 is 22.7 Å². The predicted octanol–water partition coefficient (Wildman–Crippen LogP) is 0.895. The van der Waals surface area contributed by atoms with E-state index in [0.717, 1.165) is 6.26 Å². The summed E-state index contributed by atoms with van der Waals surface area (Å²) in [5.41, 5.74) is 0. The minimum Gasteiger partial charge on any atom is -0.493 e. The lowest BCUT2D eigenvalue weighted by Crippen LogP contribution is -2.09. The number of rotatable bonds is 9. The molecule has 0 atom stereocenters. The summed E-state index contributed by atoms with van der Waals surface area (Å²) < 4.78 is 36.3. The first-order chi connectivity index (χ1) is 9.37. The largest absolute Gasteiger partial charge is 0.493 e. The Morgan fingerprint density at radius 1 is 1.20 bits per heavy atom. The number of benzene rings is 1. The summed E-state index contributed by atoms with van der Waals surface area (Å²) in [5, 5.41) is 8.49. The van der Waals surface area contributed by atoms with Crippen LogP contribution < -0.4 is 9.47 Å². The van der Waals surface area contributed by atoms with Crippen molar-refractivity contribution in [3.05, 3.63) is 24.3 Å². The molecule has 0 amide bonds. The Morgan fingerprint density at radius 3 is 2.45 bits per heavy atom. The zero-order valence-electron chi connectivity index (χ0n) is 10.9. The van der Waals surface area contributed by atoms with Crippen LogP contribution in [0.15, 0.2) is 24.3 Å². The summed E-state index contributed by atoms with van der Waals surface area (Å²) in [4.78, 5) is 10.4. The molecule has 0 fully saturated rings. The Bertz CT molecular complexity index is 538. The number of hydrogen-bond acceptors (Lipinski definition) is 6. The highest BCUT2D eigenvalue weighted by Gasteiger charge is 2.03. The molecule has 0 saturated carbocycles. The van der Waals surface area contributed by atoms with E-state index in [-0.39, 0.29) is 13.2 Å². The normalized spacial score (nSPS) is 11.1. The zero-order chi connectivity index (χ0) is 15.0. The monoisotopic (exact) mass is 304 g/mol. The van der Waals surface area contributed by atoms with Crippen LogP contribution in [0.5, 0.6) is 11.5 Å². The summed E-state index contributed by atoms with van der Waals surface area (Å²) in [6.07, 6.45) is 1.39. The zero-order valence-corrected chi connectivity index (χ0v) is 11.8. The highest BCUT2D eigenvalue weighted by molar-refractivity contribution is 7.85. The fraction of sp³-hybridized carbons (Fsp3) is 0.417. The smallest absolute Gasteiger partial charge is 0.341 e. The topological polar surface area (TPSA) is 99.1 Å². The Kier molecular flexibility index (Phi) is 6.26. The van der Waals surface area contributed by atoms with Gasteiger partial charge in [0.25, 0.3) is 10.1 Å². The van der Waals surface area contributed by atoms with Gasteiger partial charge >= 0.3 is 5.97 Å². The molecule has 1 rings (SSSR count). The van der Waals surface area contributed by atoms with Crippen LogP contribution in [0.3, 0.4) is 0 Å². The number of ether oxygens (including phenoxy) is 2. The maximum atomic E-state index is 10.7. The van der Waals surface area contributed by atoms with Crippen LogP contribution in [0.1, 0.15) is 6.42 Å². The van der Waals surface area contributed by atoms with E-state index >= 15 is 0 Å². The number of carbonyl (C=O) groups is 1. The molecule has 0 radical (unpaired) electrons. The lowest BCUT2D eigenvalue weighted by atomic mass is 10.3. The van der Waals surface area contributed by atoms with Gasteiger partial charge in [0, 0.05) is 12.5 Å². The quantitative estimate of drug-likeness (QED) is 0.534. The fourth-order valence-electron chi connectivity index (χ4n) is 1.26. The summed E-state index contributed by atoms with van der Waals surface area (Å²) in [7, 11) is -3.42. The molecule has 0 saturated heterocycles. The van der Waals surface area contributed by atoms with Gasteiger partial charge in [0.05, 0.1) is 19.5 Å². The Morgan fingerprint density at radius 2 is 1.85 bits per heavy atom. The van der Waals surface area contributed by atoms with E-state index in [9.17, 15) is 13.2 Å². The minimum atomic E-state index is -3.42. The summed E-state index contributed by atoms with van der Waals surface area (Å²) in [5.74, 6) is -0.168. The van der Waals surface area contributed by atoms with Crippen LogP contribution in [0.2, 0.25) is 0 Å². The van der Waals surface area contributed by atoms with Crippen molar-refractivity contribution in [3.8, 4) is 11.5 Å². The molecular weight excluding hydrogens is 288 g/mol. The SMILES string of the molecule is CS(=O)(=O)OCCCOc1cccc(OCC(=O)O)c1. The summed E-state index contributed by atoms with van der Waals surface area (Å²) >= 11 is 0. The van der Waals surface area contributed by atoms with Gasteiger partial charge in [-0.1, -0.05) is 6.07 Å². The van der Waals surface area contributed by atoms with Crippen molar-refractivity contribution < 1.29 is 32.0 Å². The first-order valence-electron chi connectivity index (χ1n) is 5.79. The Balaban J connectivity index is 2.33. The molecule has 112 valence electrons. The van der Waals surface area contributed by atoms with E-state index in [1.165, 1.54) is 0 Å². The van der Waals surface area contributed by atoms with E-state index in [1.807, 2.05) is 0 Å². The fourth-order valence-corrected chi connectivity index (χ4v) is 1.68. The number of aliphatic carboxylic acids is 1. The van der Waals surface area contributed by atoms with Crippen LogP contribution in [-0.2, 0) is 19.1 Å². The highest BCUT2D eigenvalue weighted by atomic mass is 32.2. The third-order valence-electron chi connectivity index (χ3n) is 2.02. The molecule has 1 N–H and O–H groups in total. The van der Waals surface area contributed by atoms with Crippen molar-refractivity contribution >= 4 is 16.1 Å². The third kappa shape index (κ3) is 7.59. The Hall–Kier alpha value is -1.80. The van der Waals surface area contributed by atoms with Gasteiger partial charge in [0.15, 0.2) is 6.61 Å². The van der Waals surface area contributed by atoms with Crippen LogP contribution in [0, 0.1) is 0 Å². The van der Waals surface area contributed by atoms with Gasteiger partial charge in [0.2, 0.25) is 0 Å². The molecule has 0 aliphatic carbocycles. The van der Waals surface area contributed by atoms with Gasteiger partial charge in [-0.05, 0) is 12.1 Å². The predicted molar refractivity (Wildman–Crippen MR) is 70.5 cm³/mol. The number of carboxylic acid groups (broad SMARTS) is 1. The minimum absolute atomic E-state index is 0.0496. The third-order valence-corrected chi connectivity index (χ3v) is 2.62. The molecule has 0 heterocycles. The van der Waals surface area contributed by atoms with Crippen molar-refractivity contribution in [2.45, 2.75) is 6.42 Å². The van der Waals surface area contributed by atoms with Gasteiger partial charge in [-0.15, -0.1) is 0 Å². The first kappa shape index (κ1) is 16.3. The molecule has 8 heteroatoms. The molecule has 20 heavy (non-hydrogen) atoms. The lowest BCUT2D eigenvalue weighted by Gasteiger charge is -2.08. The number of hydrogen-bond donors (Lipinski definition) is 1.